The second-order valence-electron chi connectivity index (χ2n) is 2.70. The second kappa shape index (κ2) is 4.00. The predicted molar refractivity (Wildman–Crippen MR) is 47.8 cm³/mol. The summed E-state index contributed by atoms with van der Waals surface area (Å²) in [5.41, 5.74) is 0.124. The monoisotopic (exact) mass is 198 g/mol. The van der Waals surface area contributed by atoms with Crippen molar-refractivity contribution in [2.75, 3.05) is 0 Å². The predicted octanol–water partition coefficient (Wildman–Crippen LogP) is 2.23. The first-order chi connectivity index (χ1) is 6.56. The molecule has 0 saturated carbocycles. The molecule has 0 aromatic heterocycles. The van der Waals surface area contributed by atoms with Crippen LogP contribution in [0.25, 0.3) is 6.08 Å². The van der Waals surface area contributed by atoms with Crippen LogP contribution in [0, 0.1) is 11.6 Å². The van der Waals surface area contributed by atoms with Gasteiger partial charge in [-0.05, 0) is 11.6 Å². The molecule has 0 bridgehead atoms. The molecule has 0 aliphatic heterocycles. The van der Waals surface area contributed by atoms with Crippen LogP contribution < -0.4 is 0 Å². The van der Waals surface area contributed by atoms with E-state index in [0.29, 0.717) is 5.56 Å². The van der Waals surface area contributed by atoms with Gasteiger partial charge in [0.2, 0.25) is 0 Å². The van der Waals surface area contributed by atoms with Gasteiger partial charge < -0.3 is 5.11 Å². The first kappa shape index (κ1) is 10.4. The second-order valence-corrected chi connectivity index (χ2v) is 2.70. The first-order valence-electron chi connectivity index (χ1n) is 3.87. The molecule has 1 rings (SSSR count). The number of carbonyl (C=O) groups is 1. The Balaban J connectivity index is 3.27. The van der Waals surface area contributed by atoms with Crippen LogP contribution in [0.4, 0.5) is 8.78 Å². The number of carboxylic acids is 1. The summed E-state index contributed by atoms with van der Waals surface area (Å²) in [6, 6.07) is 2.24. The Morgan fingerprint density at radius 1 is 1.50 bits per heavy atom. The SMILES string of the molecule is C=Cc1ccc(F)c(F)c1CC(=O)O. The van der Waals surface area contributed by atoms with Crippen molar-refractivity contribution in [3.63, 3.8) is 0 Å². The fraction of sp³-hybridized carbons (Fsp3) is 0.100. The van der Waals surface area contributed by atoms with E-state index < -0.39 is 24.0 Å². The van der Waals surface area contributed by atoms with Crippen molar-refractivity contribution < 1.29 is 18.7 Å². The van der Waals surface area contributed by atoms with Crippen molar-refractivity contribution >= 4 is 12.0 Å². The molecule has 0 saturated heterocycles. The Kier molecular flexibility index (Phi) is 2.96. The highest BCUT2D eigenvalue weighted by Crippen LogP contribution is 2.18. The molecule has 2 nitrogen and oxygen atoms in total. The fourth-order valence-corrected chi connectivity index (χ4v) is 1.13. The largest absolute Gasteiger partial charge is 0.481 e. The molecule has 0 fully saturated rings. The molecule has 0 aliphatic carbocycles. The van der Waals surface area contributed by atoms with E-state index in [-0.39, 0.29) is 5.56 Å². The summed E-state index contributed by atoms with van der Waals surface area (Å²) in [5.74, 6) is -3.38. The van der Waals surface area contributed by atoms with Crippen molar-refractivity contribution in [3.8, 4) is 0 Å². The van der Waals surface area contributed by atoms with Crippen LogP contribution in [0.2, 0.25) is 0 Å². The Labute approximate surface area is 79.5 Å². The molecule has 4 heteroatoms. The number of halogens is 2. The summed E-state index contributed by atoms with van der Waals surface area (Å²) >= 11 is 0. The van der Waals surface area contributed by atoms with Crippen LogP contribution in [-0.4, -0.2) is 11.1 Å². The lowest BCUT2D eigenvalue weighted by Crippen LogP contribution is -2.06. The minimum atomic E-state index is -1.21. The molecule has 0 amide bonds. The highest BCUT2D eigenvalue weighted by Gasteiger charge is 2.14. The van der Waals surface area contributed by atoms with Crippen LogP contribution >= 0.6 is 0 Å². The quantitative estimate of drug-likeness (QED) is 0.808. The Hall–Kier alpha value is -1.71. The average molecular weight is 198 g/mol. The molecule has 1 N–H and O–H groups in total. The average Bonchev–Trinajstić information content (AvgIpc) is 2.13. The molecule has 1 aromatic carbocycles. The summed E-state index contributed by atoms with van der Waals surface area (Å²) in [4.78, 5) is 10.4. The molecule has 0 spiro atoms. The van der Waals surface area contributed by atoms with Gasteiger partial charge in [0.25, 0.3) is 0 Å². The van der Waals surface area contributed by atoms with Gasteiger partial charge in [-0.1, -0.05) is 18.7 Å². The Morgan fingerprint density at radius 3 is 2.64 bits per heavy atom. The first-order valence-corrected chi connectivity index (χ1v) is 3.87. The molecule has 0 atom stereocenters. The van der Waals surface area contributed by atoms with E-state index in [9.17, 15) is 13.6 Å². The summed E-state index contributed by atoms with van der Waals surface area (Å²) in [6.07, 6.45) is 0.742. The van der Waals surface area contributed by atoms with Gasteiger partial charge in [-0.2, -0.15) is 0 Å². The number of carboxylic acid groups (broad SMARTS) is 1. The number of aliphatic carboxylic acids is 1. The van der Waals surface area contributed by atoms with E-state index in [1.165, 1.54) is 12.1 Å². The maximum atomic E-state index is 13.1. The van der Waals surface area contributed by atoms with Crippen molar-refractivity contribution in [2.24, 2.45) is 0 Å². The number of hydrogen-bond donors (Lipinski definition) is 1. The van der Waals surface area contributed by atoms with Gasteiger partial charge in [0.15, 0.2) is 11.6 Å². The Bertz CT molecular complexity index is 386. The van der Waals surface area contributed by atoms with Gasteiger partial charge in [-0.25, -0.2) is 8.78 Å². The lowest BCUT2D eigenvalue weighted by Gasteiger charge is -2.05. The minimum absolute atomic E-state index is 0.174. The van der Waals surface area contributed by atoms with Crippen LogP contribution in [0.5, 0.6) is 0 Å². The summed E-state index contributed by atoms with van der Waals surface area (Å²) in [7, 11) is 0. The van der Waals surface area contributed by atoms with Gasteiger partial charge in [-0.3, -0.25) is 4.79 Å². The molecular formula is C10H8F2O2. The van der Waals surface area contributed by atoms with Gasteiger partial charge in [0, 0.05) is 5.56 Å². The van der Waals surface area contributed by atoms with Gasteiger partial charge in [-0.15, -0.1) is 0 Å². The van der Waals surface area contributed by atoms with E-state index in [2.05, 4.69) is 6.58 Å². The van der Waals surface area contributed by atoms with Crippen LogP contribution in [0.3, 0.4) is 0 Å². The fourth-order valence-electron chi connectivity index (χ4n) is 1.13. The molecule has 74 valence electrons. The zero-order valence-corrected chi connectivity index (χ0v) is 7.26. The van der Waals surface area contributed by atoms with E-state index >= 15 is 0 Å². The van der Waals surface area contributed by atoms with Gasteiger partial charge >= 0.3 is 5.97 Å². The smallest absolute Gasteiger partial charge is 0.307 e. The van der Waals surface area contributed by atoms with Crippen molar-refractivity contribution in [1.29, 1.82) is 0 Å². The molecule has 0 heterocycles. The molecule has 0 unspecified atom stereocenters. The zero-order valence-electron chi connectivity index (χ0n) is 7.26. The normalized spacial score (nSPS) is 9.86. The molecule has 0 radical (unpaired) electrons. The highest BCUT2D eigenvalue weighted by molar-refractivity contribution is 5.72. The van der Waals surface area contributed by atoms with E-state index in [1.54, 1.807) is 0 Å². The standard InChI is InChI=1S/C10H8F2O2/c1-2-6-3-4-8(11)10(12)7(6)5-9(13)14/h2-4H,1,5H2,(H,13,14). The van der Waals surface area contributed by atoms with Crippen LogP contribution in [-0.2, 0) is 11.2 Å². The lowest BCUT2D eigenvalue weighted by atomic mass is 10.0. The summed E-state index contributed by atoms with van der Waals surface area (Å²) < 4.78 is 25.9. The molecule has 14 heavy (non-hydrogen) atoms. The third kappa shape index (κ3) is 1.96. The third-order valence-electron chi connectivity index (χ3n) is 1.78. The molecule has 1 aromatic rings. The number of hydrogen-bond acceptors (Lipinski definition) is 1. The number of benzene rings is 1. The maximum Gasteiger partial charge on any atom is 0.307 e. The van der Waals surface area contributed by atoms with E-state index in [1.807, 2.05) is 0 Å². The topological polar surface area (TPSA) is 37.3 Å². The Morgan fingerprint density at radius 2 is 2.14 bits per heavy atom. The van der Waals surface area contributed by atoms with Crippen molar-refractivity contribution in [3.05, 3.63) is 41.5 Å². The molecular weight excluding hydrogens is 190 g/mol. The van der Waals surface area contributed by atoms with Gasteiger partial charge in [0.1, 0.15) is 0 Å². The number of rotatable bonds is 3. The van der Waals surface area contributed by atoms with Crippen molar-refractivity contribution in [2.45, 2.75) is 6.42 Å². The van der Waals surface area contributed by atoms with E-state index in [4.69, 9.17) is 5.11 Å². The summed E-state index contributed by atoms with van der Waals surface area (Å²) in [6.45, 7) is 3.39. The van der Waals surface area contributed by atoms with Crippen LogP contribution in [0.15, 0.2) is 18.7 Å². The van der Waals surface area contributed by atoms with Crippen LogP contribution in [0.1, 0.15) is 11.1 Å². The molecule has 0 aliphatic rings. The zero-order chi connectivity index (χ0) is 10.7. The lowest BCUT2D eigenvalue weighted by molar-refractivity contribution is -0.136. The minimum Gasteiger partial charge on any atom is -0.481 e. The third-order valence-corrected chi connectivity index (χ3v) is 1.78. The maximum absolute atomic E-state index is 13.1. The van der Waals surface area contributed by atoms with E-state index in [0.717, 1.165) is 6.07 Å². The van der Waals surface area contributed by atoms with Gasteiger partial charge in [0.05, 0.1) is 6.42 Å². The highest BCUT2D eigenvalue weighted by atomic mass is 19.2. The summed E-state index contributed by atoms with van der Waals surface area (Å²) in [5, 5.41) is 8.48. The van der Waals surface area contributed by atoms with Crippen molar-refractivity contribution in [1.82, 2.24) is 0 Å².